The van der Waals surface area contributed by atoms with Crippen LogP contribution < -0.4 is 15.4 Å². The van der Waals surface area contributed by atoms with Crippen molar-refractivity contribution in [1.29, 1.82) is 0 Å². The van der Waals surface area contributed by atoms with Crippen LogP contribution in [0.15, 0.2) is 52.4 Å². The standard InChI is InChI=1S/C20H26FN3O3S.HI/c1-15-13-16(5-10-19(15)28(3,25)26)14-24-20(22-2)23-11-4-12-27-18-8-6-17(21)7-9-18;/h5-10,13H,4,11-12,14H2,1-3H3,(H2,22,23,24);1H. The van der Waals surface area contributed by atoms with Crippen LogP contribution in [0.25, 0.3) is 0 Å². The van der Waals surface area contributed by atoms with E-state index in [9.17, 15) is 12.8 Å². The molecule has 0 unspecified atom stereocenters. The third kappa shape index (κ3) is 8.57. The van der Waals surface area contributed by atoms with Gasteiger partial charge in [-0.15, -0.1) is 24.0 Å². The lowest BCUT2D eigenvalue weighted by atomic mass is 10.1. The molecule has 2 aromatic rings. The first kappa shape index (κ1) is 25.2. The predicted octanol–water partition coefficient (Wildman–Crippen LogP) is 3.29. The van der Waals surface area contributed by atoms with Crippen molar-refractivity contribution in [2.75, 3.05) is 26.5 Å². The summed E-state index contributed by atoms with van der Waals surface area (Å²) in [6, 6.07) is 11.2. The molecule has 0 aliphatic heterocycles. The summed E-state index contributed by atoms with van der Waals surface area (Å²) in [6.45, 7) is 3.47. The molecule has 9 heteroatoms. The first-order chi connectivity index (χ1) is 13.3. The average Bonchev–Trinajstić information content (AvgIpc) is 2.64. The largest absolute Gasteiger partial charge is 0.494 e. The van der Waals surface area contributed by atoms with E-state index >= 15 is 0 Å². The number of hydrogen-bond acceptors (Lipinski definition) is 4. The van der Waals surface area contributed by atoms with Crippen molar-refractivity contribution in [3.8, 4) is 5.75 Å². The Morgan fingerprint density at radius 2 is 1.83 bits per heavy atom. The summed E-state index contributed by atoms with van der Waals surface area (Å²) in [4.78, 5) is 4.51. The molecule has 0 radical (unpaired) electrons. The van der Waals surface area contributed by atoms with Crippen molar-refractivity contribution in [1.82, 2.24) is 10.6 Å². The maximum absolute atomic E-state index is 12.8. The number of guanidine groups is 1. The van der Waals surface area contributed by atoms with Crippen LogP contribution in [-0.4, -0.2) is 40.8 Å². The maximum atomic E-state index is 12.8. The van der Waals surface area contributed by atoms with E-state index in [0.29, 0.717) is 36.3 Å². The van der Waals surface area contributed by atoms with Crippen LogP contribution >= 0.6 is 24.0 Å². The molecule has 0 heterocycles. The van der Waals surface area contributed by atoms with Gasteiger partial charge < -0.3 is 15.4 Å². The zero-order valence-electron chi connectivity index (χ0n) is 16.7. The van der Waals surface area contributed by atoms with Crippen molar-refractivity contribution in [3.05, 3.63) is 59.4 Å². The van der Waals surface area contributed by atoms with Crippen LogP contribution in [0.3, 0.4) is 0 Å². The number of aliphatic imine (C=N–C) groups is 1. The Morgan fingerprint density at radius 3 is 2.41 bits per heavy atom. The summed E-state index contributed by atoms with van der Waals surface area (Å²) < 4.78 is 41.7. The maximum Gasteiger partial charge on any atom is 0.191 e. The number of nitrogens with one attached hydrogen (secondary N) is 2. The first-order valence-electron chi connectivity index (χ1n) is 8.92. The van der Waals surface area contributed by atoms with Gasteiger partial charge in [0.15, 0.2) is 15.8 Å². The number of sulfone groups is 1. The van der Waals surface area contributed by atoms with Gasteiger partial charge in [-0.2, -0.15) is 0 Å². The number of nitrogens with zero attached hydrogens (tertiary/aromatic N) is 1. The van der Waals surface area contributed by atoms with E-state index in [1.165, 1.54) is 18.4 Å². The highest BCUT2D eigenvalue weighted by Crippen LogP contribution is 2.16. The van der Waals surface area contributed by atoms with Crippen LogP contribution in [0.2, 0.25) is 0 Å². The Hall–Kier alpha value is -1.88. The molecule has 0 saturated heterocycles. The Bertz CT molecular complexity index is 919. The third-order valence-corrected chi connectivity index (χ3v) is 5.28. The van der Waals surface area contributed by atoms with Crippen molar-refractivity contribution >= 4 is 39.8 Å². The van der Waals surface area contributed by atoms with Crippen molar-refractivity contribution < 1.29 is 17.5 Å². The molecule has 0 aliphatic rings. The Balaban J connectivity index is 0.00000420. The monoisotopic (exact) mass is 535 g/mol. The van der Waals surface area contributed by atoms with Crippen LogP contribution in [0.4, 0.5) is 4.39 Å². The summed E-state index contributed by atoms with van der Waals surface area (Å²) in [5, 5.41) is 6.38. The Morgan fingerprint density at radius 1 is 1.14 bits per heavy atom. The number of hydrogen-bond donors (Lipinski definition) is 2. The summed E-state index contributed by atoms with van der Waals surface area (Å²) in [7, 11) is -1.53. The minimum Gasteiger partial charge on any atom is -0.494 e. The van der Waals surface area contributed by atoms with Crippen LogP contribution in [0, 0.1) is 12.7 Å². The molecule has 0 bridgehead atoms. The fourth-order valence-corrected chi connectivity index (χ4v) is 3.60. The van der Waals surface area contributed by atoms with E-state index in [0.717, 1.165) is 17.5 Å². The van der Waals surface area contributed by atoms with Gasteiger partial charge in [-0.05, 0) is 54.8 Å². The highest BCUT2D eigenvalue weighted by atomic mass is 127. The van der Waals surface area contributed by atoms with Gasteiger partial charge in [0, 0.05) is 26.4 Å². The molecular formula is C20H27FIN3O3S. The van der Waals surface area contributed by atoms with Gasteiger partial charge in [-0.25, -0.2) is 12.8 Å². The quantitative estimate of drug-likeness (QED) is 0.235. The molecule has 0 saturated carbocycles. The van der Waals surface area contributed by atoms with E-state index in [1.54, 1.807) is 38.2 Å². The topological polar surface area (TPSA) is 79.8 Å². The molecule has 0 atom stereocenters. The minimum atomic E-state index is -3.21. The molecule has 0 amide bonds. The van der Waals surface area contributed by atoms with Gasteiger partial charge in [0.25, 0.3) is 0 Å². The number of benzene rings is 2. The number of aryl methyl sites for hydroxylation is 1. The van der Waals surface area contributed by atoms with Crippen molar-refractivity contribution in [3.63, 3.8) is 0 Å². The van der Waals surface area contributed by atoms with E-state index in [2.05, 4.69) is 15.6 Å². The molecule has 160 valence electrons. The fraction of sp³-hybridized carbons (Fsp3) is 0.350. The highest BCUT2D eigenvalue weighted by molar-refractivity contribution is 14.0. The lowest BCUT2D eigenvalue weighted by Gasteiger charge is -2.13. The number of rotatable bonds is 8. The molecular weight excluding hydrogens is 508 g/mol. The number of halogens is 2. The highest BCUT2D eigenvalue weighted by Gasteiger charge is 2.10. The predicted molar refractivity (Wildman–Crippen MR) is 124 cm³/mol. The Kier molecular flexibility index (Phi) is 10.4. The normalized spacial score (nSPS) is 11.5. The van der Waals surface area contributed by atoms with Crippen LogP contribution in [0.1, 0.15) is 17.5 Å². The Labute approximate surface area is 188 Å². The fourth-order valence-electron chi connectivity index (χ4n) is 2.64. The molecule has 29 heavy (non-hydrogen) atoms. The van der Waals surface area contributed by atoms with Crippen molar-refractivity contribution in [2.45, 2.75) is 24.8 Å². The van der Waals surface area contributed by atoms with Gasteiger partial charge in [0.2, 0.25) is 0 Å². The second kappa shape index (κ2) is 12.0. The third-order valence-electron chi connectivity index (χ3n) is 4.02. The smallest absolute Gasteiger partial charge is 0.191 e. The minimum absolute atomic E-state index is 0. The van der Waals surface area contributed by atoms with Gasteiger partial charge in [-0.1, -0.05) is 12.1 Å². The summed E-state index contributed by atoms with van der Waals surface area (Å²) in [5.41, 5.74) is 1.69. The molecule has 2 rings (SSSR count). The molecule has 6 nitrogen and oxygen atoms in total. The van der Waals surface area contributed by atoms with Crippen LogP contribution in [0.5, 0.6) is 5.75 Å². The molecule has 2 N–H and O–H groups in total. The van der Waals surface area contributed by atoms with Gasteiger partial charge >= 0.3 is 0 Å². The SMILES string of the molecule is CN=C(NCCCOc1ccc(F)cc1)NCc1ccc(S(C)(=O)=O)c(C)c1.I. The average molecular weight is 535 g/mol. The summed E-state index contributed by atoms with van der Waals surface area (Å²) in [6.07, 6.45) is 1.96. The second-order valence-electron chi connectivity index (χ2n) is 6.38. The van der Waals surface area contributed by atoms with E-state index < -0.39 is 9.84 Å². The summed E-state index contributed by atoms with van der Waals surface area (Å²) in [5.74, 6) is 0.994. The molecule has 0 aromatic heterocycles. The molecule has 0 fully saturated rings. The van der Waals surface area contributed by atoms with Crippen molar-refractivity contribution in [2.24, 2.45) is 4.99 Å². The number of ether oxygens (including phenoxy) is 1. The van der Waals surface area contributed by atoms with Crippen LogP contribution in [-0.2, 0) is 16.4 Å². The zero-order valence-corrected chi connectivity index (χ0v) is 19.9. The van der Waals surface area contributed by atoms with Gasteiger partial charge in [0.1, 0.15) is 11.6 Å². The lowest BCUT2D eigenvalue weighted by Crippen LogP contribution is -2.37. The van der Waals surface area contributed by atoms with Gasteiger partial charge in [0.05, 0.1) is 11.5 Å². The zero-order chi connectivity index (χ0) is 20.6. The first-order valence-corrected chi connectivity index (χ1v) is 10.8. The second-order valence-corrected chi connectivity index (χ2v) is 8.36. The van der Waals surface area contributed by atoms with Gasteiger partial charge in [-0.3, -0.25) is 4.99 Å². The molecule has 0 aliphatic carbocycles. The molecule has 0 spiro atoms. The summed E-state index contributed by atoms with van der Waals surface area (Å²) >= 11 is 0. The molecule has 2 aromatic carbocycles. The van der Waals surface area contributed by atoms with E-state index in [-0.39, 0.29) is 29.8 Å². The van der Waals surface area contributed by atoms with E-state index in [1.807, 2.05) is 6.07 Å². The van der Waals surface area contributed by atoms with E-state index in [4.69, 9.17) is 4.74 Å². The lowest BCUT2D eigenvalue weighted by molar-refractivity contribution is 0.310.